The Morgan fingerprint density at radius 3 is 2.66 bits per heavy atom. The van der Waals surface area contributed by atoms with E-state index in [2.05, 4.69) is 16.8 Å². The molecule has 184 valence electrons. The number of thiophene rings is 1. The standard InChI is InChI=1S/C26H30N4O4S/c1-17-19(23(32)29-13-9-21-18(15-29)10-14-35-21)7-6-8-20(17)27-22(31)16-30-24(33)26(28(2)25(30)34)11-4-3-5-12-26/h6-8,10,14H,3-5,9,11-13,15-16H2,1-2H3,(H,27,31). The first-order valence-electron chi connectivity index (χ1n) is 12.2. The first kappa shape index (κ1) is 23.5. The fourth-order valence-electron chi connectivity index (χ4n) is 5.60. The van der Waals surface area contributed by atoms with Crippen molar-refractivity contribution in [1.82, 2.24) is 14.7 Å². The first-order chi connectivity index (χ1) is 16.8. The molecule has 8 nitrogen and oxygen atoms in total. The zero-order chi connectivity index (χ0) is 24.7. The number of fused-ring (bicyclic) bond motifs is 1. The van der Waals surface area contributed by atoms with E-state index in [-0.39, 0.29) is 18.4 Å². The van der Waals surface area contributed by atoms with Crippen molar-refractivity contribution in [2.24, 2.45) is 0 Å². The van der Waals surface area contributed by atoms with E-state index in [0.717, 1.165) is 30.6 Å². The van der Waals surface area contributed by atoms with Crippen LogP contribution in [0.2, 0.25) is 0 Å². The van der Waals surface area contributed by atoms with E-state index in [9.17, 15) is 19.2 Å². The molecule has 0 unspecified atom stereocenters. The number of nitrogens with one attached hydrogen (secondary N) is 1. The number of imide groups is 1. The van der Waals surface area contributed by atoms with Crippen LogP contribution in [0.1, 0.15) is 58.5 Å². The number of nitrogens with zero attached hydrogens (tertiary/aromatic N) is 3. The van der Waals surface area contributed by atoms with Crippen LogP contribution in [-0.2, 0) is 22.6 Å². The molecule has 3 heterocycles. The molecule has 1 aliphatic carbocycles. The third kappa shape index (κ3) is 4.01. The van der Waals surface area contributed by atoms with E-state index >= 15 is 0 Å². The predicted octanol–water partition coefficient (Wildman–Crippen LogP) is 3.79. The van der Waals surface area contributed by atoms with Crippen molar-refractivity contribution in [3.63, 3.8) is 0 Å². The SMILES string of the molecule is Cc1c(NC(=O)CN2C(=O)N(C)C3(CCCCC3)C2=O)cccc1C(=O)N1CCc2sccc2C1. The molecule has 1 saturated heterocycles. The Labute approximate surface area is 208 Å². The van der Waals surface area contributed by atoms with Crippen molar-refractivity contribution in [3.05, 3.63) is 51.2 Å². The molecule has 5 amide bonds. The first-order valence-corrected chi connectivity index (χ1v) is 13.0. The van der Waals surface area contributed by atoms with Gasteiger partial charge in [-0.1, -0.05) is 25.3 Å². The highest BCUT2D eigenvalue weighted by Crippen LogP contribution is 2.39. The summed E-state index contributed by atoms with van der Waals surface area (Å²) >= 11 is 1.73. The Balaban J connectivity index is 1.28. The molecule has 0 bridgehead atoms. The van der Waals surface area contributed by atoms with Gasteiger partial charge in [-0.2, -0.15) is 0 Å². The van der Waals surface area contributed by atoms with Crippen molar-refractivity contribution in [1.29, 1.82) is 0 Å². The summed E-state index contributed by atoms with van der Waals surface area (Å²) in [7, 11) is 1.66. The number of benzene rings is 1. The number of urea groups is 1. The Kier molecular flexibility index (Phi) is 6.13. The second-order valence-corrected chi connectivity index (χ2v) is 10.7. The average molecular weight is 495 g/mol. The van der Waals surface area contributed by atoms with Gasteiger partial charge in [0, 0.05) is 36.3 Å². The van der Waals surface area contributed by atoms with Gasteiger partial charge in [-0.05, 0) is 60.9 Å². The van der Waals surface area contributed by atoms with Gasteiger partial charge in [-0.3, -0.25) is 19.3 Å². The molecule has 3 aliphatic rings. The monoisotopic (exact) mass is 494 g/mol. The highest BCUT2D eigenvalue weighted by Gasteiger charge is 2.55. The van der Waals surface area contributed by atoms with E-state index in [0.29, 0.717) is 42.7 Å². The van der Waals surface area contributed by atoms with E-state index in [1.807, 2.05) is 4.90 Å². The van der Waals surface area contributed by atoms with Crippen LogP contribution in [0.25, 0.3) is 0 Å². The summed E-state index contributed by atoms with van der Waals surface area (Å²) in [4.78, 5) is 58.0. The Morgan fingerprint density at radius 1 is 1.11 bits per heavy atom. The van der Waals surface area contributed by atoms with Crippen LogP contribution in [0.4, 0.5) is 10.5 Å². The van der Waals surface area contributed by atoms with Crippen molar-refractivity contribution in [2.75, 3.05) is 25.5 Å². The number of hydrogen-bond donors (Lipinski definition) is 1. The molecular formula is C26H30N4O4S. The van der Waals surface area contributed by atoms with Crippen molar-refractivity contribution in [3.8, 4) is 0 Å². The van der Waals surface area contributed by atoms with Gasteiger partial charge in [-0.25, -0.2) is 4.79 Å². The van der Waals surface area contributed by atoms with Crippen LogP contribution >= 0.6 is 11.3 Å². The quantitative estimate of drug-likeness (QED) is 0.655. The second-order valence-electron chi connectivity index (χ2n) is 9.70. The number of rotatable bonds is 4. The molecule has 2 aromatic rings. The molecule has 0 radical (unpaired) electrons. The summed E-state index contributed by atoms with van der Waals surface area (Å²) in [5.74, 6) is -0.804. The lowest BCUT2D eigenvalue weighted by molar-refractivity contribution is -0.136. The molecule has 9 heteroatoms. The number of amides is 5. The minimum absolute atomic E-state index is 0.0683. The minimum Gasteiger partial charge on any atom is -0.334 e. The van der Waals surface area contributed by atoms with Crippen LogP contribution in [-0.4, -0.2) is 64.1 Å². The summed E-state index contributed by atoms with van der Waals surface area (Å²) in [6, 6.07) is 6.89. The number of hydrogen-bond acceptors (Lipinski definition) is 5. The van der Waals surface area contributed by atoms with Crippen LogP contribution < -0.4 is 5.32 Å². The molecule has 1 spiro atoms. The van der Waals surface area contributed by atoms with E-state index < -0.39 is 17.5 Å². The largest absolute Gasteiger partial charge is 0.334 e. The van der Waals surface area contributed by atoms with Crippen LogP contribution in [0.15, 0.2) is 29.6 Å². The van der Waals surface area contributed by atoms with Crippen LogP contribution in [0.3, 0.4) is 0 Å². The Morgan fingerprint density at radius 2 is 1.89 bits per heavy atom. The van der Waals surface area contributed by atoms with Gasteiger partial charge in [0.25, 0.3) is 11.8 Å². The molecule has 1 aromatic carbocycles. The lowest BCUT2D eigenvalue weighted by Gasteiger charge is -2.35. The third-order valence-electron chi connectivity index (χ3n) is 7.72. The third-order valence-corrected chi connectivity index (χ3v) is 8.74. The smallest absolute Gasteiger partial charge is 0.327 e. The topological polar surface area (TPSA) is 90.0 Å². The zero-order valence-electron chi connectivity index (χ0n) is 20.1. The van der Waals surface area contributed by atoms with Gasteiger partial charge in [-0.15, -0.1) is 11.3 Å². The maximum Gasteiger partial charge on any atom is 0.327 e. The molecule has 35 heavy (non-hydrogen) atoms. The van der Waals surface area contributed by atoms with Gasteiger partial charge >= 0.3 is 6.03 Å². The fraction of sp³-hybridized carbons (Fsp3) is 0.462. The van der Waals surface area contributed by atoms with Gasteiger partial charge in [0.05, 0.1) is 0 Å². The van der Waals surface area contributed by atoms with Gasteiger partial charge < -0.3 is 15.1 Å². The molecular weight excluding hydrogens is 464 g/mol. The molecule has 1 aromatic heterocycles. The summed E-state index contributed by atoms with van der Waals surface area (Å²) in [6.07, 6.45) is 4.97. The lowest BCUT2D eigenvalue weighted by atomic mass is 9.81. The second kappa shape index (κ2) is 9.11. The molecule has 2 aliphatic heterocycles. The molecule has 1 N–H and O–H groups in total. The van der Waals surface area contributed by atoms with E-state index in [4.69, 9.17) is 0 Å². The summed E-state index contributed by atoms with van der Waals surface area (Å²) in [6.45, 7) is 2.72. The van der Waals surface area contributed by atoms with Crippen LogP contribution in [0.5, 0.6) is 0 Å². The maximum absolute atomic E-state index is 13.3. The molecule has 0 atom stereocenters. The number of carbonyl (C=O) groups excluding carboxylic acids is 4. The molecule has 1 saturated carbocycles. The fourth-order valence-corrected chi connectivity index (χ4v) is 6.49. The van der Waals surface area contributed by atoms with E-state index in [1.165, 1.54) is 15.3 Å². The summed E-state index contributed by atoms with van der Waals surface area (Å²) in [5.41, 5.74) is 2.10. The Bertz CT molecular complexity index is 1200. The lowest BCUT2D eigenvalue weighted by Crippen LogP contribution is -2.49. The van der Waals surface area contributed by atoms with Crippen molar-refractivity contribution >= 4 is 40.8 Å². The van der Waals surface area contributed by atoms with Gasteiger partial charge in [0.1, 0.15) is 12.1 Å². The van der Waals surface area contributed by atoms with E-state index in [1.54, 1.807) is 43.5 Å². The number of likely N-dealkylation sites (N-methyl/N-ethyl adjacent to an activating group) is 1. The zero-order valence-corrected chi connectivity index (χ0v) is 21.0. The Hall–Kier alpha value is -3.20. The highest BCUT2D eigenvalue weighted by molar-refractivity contribution is 7.10. The highest BCUT2D eigenvalue weighted by atomic mass is 32.1. The van der Waals surface area contributed by atoms with Crippen molar-refractivity contribution < 1.29 is 19.2 Å². The van der Waals surface area contributed by atoms with Crippen molar-refractivity contribution in [2.45, 2.75) is 57.5 Å². The summed E-state index contributed by atoms with van der Waals surface area (Å²) in [5, 5.41) is 4.88. The summed E-state index contributed by atoms with van der Waals surface area (Å²) < 4.78 is 0. The van der Waals surface area contributed by atoms with Crippen LogP contribution in [0, 0.1) is 6.92 Å². The molecule has 5 rings (SSSR count). The average Bonchev–Trinajstić information content (AvgIpc) is 3.40. The predicted molar refractivity (Wildman–Crippen MR) is 133 cm³/mol. The maximum atomic E-state index is 13.3. The number of carbonyl (C=O) groups is 4. The normalized spacial score (nSPS) is 19.3. The minimum atomic E-state index is -0.811. The van der Waals surface area contributed by atoms with Gasteiger partial charge in [0.15, 0.2) is 0 Å². The van der Waals surface area contributed by atoms with Gasteiger partial charge in [0.2, 0.25) is 5.91 Å². The molecule has 2 fully saturated rings. The number of anilines is 1.